The largest absolute Gasteiger partial charge is 0.335 e. The molecule has 1 heterocycles. The standard InChI is InChI=1S/C11H14BrN2O3PS/c1-3-16-18(15,17-4-2)7-8-5-6-9(12)11-10(8)13-19-14-11/h5-6H,3-4,7H2,1-2H3. The lowest BCUT2D eigenvalue weighted by Gasteiger charge is -2.17. The first-order valence-electron chi connectivity index (χ1n) is 5.87. The summed E-state index contributed by atoms with van der Waals surface area (Å²) in [4.78, 5) is 0. The molecule has 0 aliphatic rings. The molecule has 2 aromatic rings. The van der Waals surface area contributed by atoms with Gasteiger partial charge in [0.25, 0.3) is 0 Å². The molecule has 104 valence electrons. The smallest absolute Gasteiger partial charge is 0.309 e. The van der Waals surface area contributed by atoms with Gasteiger partial charge in [0.2, 0.25) is 0 Å². The third kappa shape index (κ3) is 3.41. The molecule has 0 fully saturated rings. The predicted octanol–water partition coefficient (Wildman–Crippen LogP) is 4.22. The van der Waals surface area contributed by atoms with E-state index in [0.717, 1.165) is 32.8 Å². The quantitative estimate of drug-likeness (QED) is 0.718. The van der Waals surface area contributed by atoms with Crippen molar-refractivity contribution in [2.24, 2.45) is 0 Å². The summed E-state index contributed by atoms with van der Waals surface area (Å²) >= 11 is 4.56. The lowest BCUT2D eigenvalue weighted by atomic mass is 10.2. The van der Waals surface area contributed by atoms with Gasteiger partial charge in [-0.3, -0.25) is 4.57 Å². The van der Waals surface area contributed by atoms with E-state index >= 15 is 0 Å². The minimum Gasteiger partial charge on any atom is -0.309 e. The Hall–Kier alpha value is -0.330. The molecule has 19 heavy (non-hydrogen) atoms. The molecule has 0 amide bonds. The first kappa shape index (κ1) is 15.1. The highest BCUT2D eigenvalue weighted by Crippen LogP contribution is 2.52. The molecule has 0 N–H and O–H groups in total. The van der Waals surface area contributed by atoms with Crippen LogP contribution in [0, 0.1) is 0 Å². The number of benzene rings is 1. The van der Waals surface area contributed by atoms with Gasteiger partial charge in [0, 0.05) is 4.47 Å². The van der Waals surface area contributed by atoms with E-state index < -0.39 is 7.60 Å². The fraction of sp³-hybridized carbons (Fsp3) is 0.455. The summed E-state index contributed by atoms with van der Waals surface area (Å²) in [5.41, 5.74) is 2.36. The van der Waals surface area contributed by atoms with Crippen LogP contribution in [0.2, 0.25) is 0 Å². The fourth-order valence-electron chi connectivity index (χ4n) is 1.75. The summed E-state index contributed by atoms with van der Waals surface area (Å²) in [6.07, 6.45) is 0.212. The van der Waals surface area contributed by atoms with Gasteiger partial charge in [-0.2, -0.15) is 8.75 Å². The Bertz CT molecular complexity index is 609. The van der Waals surface area contributed by atoms with E-state index in [-0.39, 0.29) is 6.16 Å². The number of fused-ring (bicyclic) bond motifs is 1. The van der Waals surface area contributed by atoms with E-state index in [4.69, 9.17) is 9.05 Å². The number of rotatable bonds is 6. The molecular weight excluding hydrogens is 351 g/mol. The molecule has 0 aliphatic carbocycles. The minimum atomic E-state index is -3.11. The number of hydrogen-bond acceptors (Lipinski definition) is 6. The summed E-state index contributed by atoms with van der Waals surface area (Å²) in [7, 11) is -3.11. The van der Waals surface area contributed by atoms with E-state index in [9.17, 15) is 4.57 Å². The van der Waals surface area contributed by atoms with Crippen LogP contribution < -0.4 is 0 Å². The van der Waals surface area contributed by atoms with Crippen LogP contribution in [0.25, 0.3) is 11.0 Å². The van der Waals surface area contributed by atoms with Crippen molar-refractivity contribution in [3.05, 3.63) is 22.2 Å². The van der Waals surface area contributed by atoms with E-state index in [1.165, 1.54) is 0 Å². The van der Waals surface area contributed by atoms with E-state index in [0.29, 0.717) is 13.2 Å². The van der Waals surface area contributed by atoms with Crippen molar-refractivity contribution < 1.29 is 13.6 Å². The molecule has 0 saturated carbocycles. The molecule has 0 bridgehead atoms. The summed E-state index contributed by atoms with van der Waals surface area (Å²) in [5.74, 6) is 0. The second-order valence-corrected chi connectivity index (χ2v) is 7.21. The van der Waals surface area contributed by atoms with Crippen molar-refractivity contribution in [2.45, 2.75) is 20.0 Å². The highest BCUT2D eigenvalue weighted by atomic mass is 79.9. The Morgan fingerprint density at radius 3 is 2.47 bits per heavy atom. The van der Waals surface area contributed by atoms with Crippen molar-refractivity contribution in [2.75, 3.05) is 13.2 Å². The van der Waals surface area contributed by atoms with Crippen molar-refractivity contribution in [3.63, 3.8) is 0 Å². The summed E-state index contributed by atoms with van der Waals surface area (Å²) in [6.45, 7) is 4.30. The van der Waals surface area contributed by atoms with Gasteiger partial charge in [-0.25, -0.2) is 0 Å². The van der Waals surface area contributed by atoms with Crippen LogP contribution in [0.15, 0.2) is 16.6 Å². The Kier molecular flexibility index (Phi) is 5.09. The van der Waals surface area contributed by atoms with Crippen molar-refractivity contribution in [1.29, 1.82) is 0 Å². The lowest BCUT2D eigenvalue weighted by Crippen LogP contribution is -1.99. The van der Waals surface area contributed by atoms with E-state index in [2.05, 4.69) is 24.7 Å². The van der Waals surface area contributed by atoms with Gasteiger partial charge in [-0.1, -0.05) is 6.07 Å². The van der Waals surface area contributed by atoms with E-state index in [1.54, 1.807) is 13.8 Å². The predicted molar refractivity (Wildman–Crippen MR) is 79.7 cm³/mol. The van der Waals surface area contributed by atoms with Gasteiger partial charge in [-0.05, 0) is 41.4 Å². The molecule has 1 aromatic heterocycles. The molecule has 5 nitrogen and oxygen atoms in total. The highest BCUT2D eigenvalue weighted by molar-refractivity contribution is 9.10. The summed E-state index contributed by atoms with van der Waals surface area (Å²) < 4.78 is 32.5. The third-order valence-corrected chi connectivity index (χ3v) is 5.66. The van der Waals surface area contributed by atoms with Crippen LogP contribution in [0.5, 0.6) is 0 Å². The Morgan fingerprint density at radius 2 is 1.84 bits per heavy atom. The maximum atomic E-state index is 12.5. The first-order chi connectivity index (χ1) is 9.09. The SMILES string of the molecule is CCOP(=O)(Cc1ccc(Br)c2nsnc12)OCC. The highest BCUT2D eigenvalue weighted by Gasteiger charge is 2.26. The Morgan fingerprint density at radius 1 is 1.21 bits per heavy atom. The average molecular weight is 365 g/mol. The van der Waals surface area contributed by atoms with Gasteiger partial charge >= 0.3 is 7.60 Å². The van der Waals surface area contributed by atoms with Crippen molar-refractivity contribution >= 4 is 46.3 Å². The zero-order valence-corrected chi connectivity index (χ0v) is 13.9. The van der Waals surface area contributed by atoms with Crippen LogP contribution in [0.1, 0.15) is 19.4 Å². The van der Waals surface area contributed by atoms with Gasteiger partial charge in [-0.15, -0.1) is 0 Å². The molecular formula is C11H14BrN2O3PS. The molecule has 0 radical (unpaired) electrons. The number of halogens is 1. The lowest BCUT2D eigenvalue weighted by molar-refractivity contribution is 0.219. The van der Waals surface area contributed by atoms with Crippen LogP contribution in [-0.4, -0.2) is 22.0 Å². The van der Waals surface area contributed by atoms with Gasteiger partial charge in [0.1, 0.15) is 11.0 Å². The molecule has 0 aliphatic heterocycles. The topological polar surface area (TPSA) is 61.3 Å². The molecule has 0 saturated heterocycles. The molecule has 0 atom stereocenters. The molecule has 0 spiro atoms. The first-order valence-corrected chi connectivity index (χ1v) is 9.12. The summed E-state index contributed by atoms with van der Waals surface area (Å²) in [6, 6.07) is 3.75. The molecule has 2 rings (SSSR count). The summed E-state index contributed by atoms with van der Waals surface area (Å²) in [5, 5.41) is 0. The fourth-order valence-corrected chi connectivity index (χ4v) is 4.58. The maximum absolute atomic E-state index is 12.5. The average Bonchev–Trinajstić information content (AvgIpc) is 2.83. The van der Waals surface area contributed by atoms with Crippen molar-refractivity contribution in [3.8, 4) is 0 Å². The van der Waals surface area contributed by atoms with Gasteiger partial charge in [0.05, 0.1) is 31.1 Å². The van der Waals surface area contributed by atoms with E-state index in [1.807, 2.05) is 12.1 Å². The third-order valence-electron chi connectivity index (χ3n) is 2.47. The number of nitrogens with zero attached hydrogens (tertiary/aromatic N) is 2. The molecule has 0 unspecified atom stereocenters. The molecule has 1 aromatic carbocycles. The zero-order valence-electron chi connectivity index (χ0n) is 10.6. The minimum absolute atomic E-state index is 0.212. The van der Waals surface area contributed by atoms with Crippen LogP contribution in [-0.2, 0) is 19.8 Å². The number of aromatic nitrogens is 2. The van der Waals surface area contributed by atoms with Crippen LogP contribution >= 0.6 is 35.3 Å². The maximum Gasteiger partial charge on any atom is 0.335 e. The number of hydrogen-bond donors (Lipinski definition) is 0. The monoisotopic (exact) mass is 364 g/mol. The second kappa shape index (κ2) is 6.41. The normalized spacial score (nSPS) is 12.2. The van der Waals surface area contributed by atoms with Crippen LogP contribution in [0.4, 0.5) is 0 Å². The van der Waals surface area contributed by atoms with Gasteiger partial charge < -0.3 is 9.05 Å². The molecule has 8 heteroatoms. The zero-order chi connectivity index (χ0) is 13.9. The van der Waals surface area contributed by atoms with Crippen molar-refractivity contribution in [1.82, 2.24) is 8.75 Å². The van der Waals surface area contributed by atoms with Gasteiger partial charge in [0.15, 0.2) is 0 Å². The second-order valence-electron chi connectivity index (χ2n) is 3.77. The Labute approximate surface area is 124 Å². The van der Waals surface area contributed by atoms with Crippen LogP contribution in [0.3, 0.4) is 0 Å². The Balaban J connectivity index is 2.37.